The Morgan fingerprint density at radius 2 is 1.01 bits per heavy atom. The van der Waals surface area contributed by atoms with Crippen LogP contribution in [0.15, 0.2) is 97.6 Å². The van der Waals surface area contributed by atoms with Crippen LogP contribution in [0.4, 0.5) is 23.2 Å². The Labute approximate surface area is 499 Å². The number of benzene rings is 4. The van der Waals surface area contributed by atoms with Crippen molar-refractivity contribution in [2.75, 3.05) is 26.4 Å². The molecule has 0 aliphatic heterocycles. The van der Waals surface area contributed by atoms with Crippen LogP contribution >= 0.6 is 46.4 Å². The van der Waals surface area contributed by atoms with Crippen LogP contribution in [0, 0.1) is 47.6 Å². The third-order valence-corrected chi connectivity index (χ3v) is 15.3. The van der Waals surface area contributed by atoms with E-state index in [1.54, 1.807) is 48.0 Å². The first-order chi connectivity index (χ1) is 39.7. The van der Waals surface area contributed by atoms with Crippen molar-refractivity contribution in [1.29, 1.82) is 0 Å². The molecule has 4 fully saturated rings. The van der Waals surface area contributed by atoms with Crippen LogP contribution in [0.3, 0.4) is 0 Å². The highest BCUT2D eigenvalue weighted by Crippen LogP contribution is 2.41. The highest BCUT2D eigenvalue weighted by Gasteiger charge is 2.30. The summed E-state index contributed by atoms with van der Waals surface area (Å²) in [4.78, 5) is 24.5. The molecule has 6 aromatic rings. The molecule has 0 bridgehead atoms. The minimum absolute atomic E-state index is 0.0272. The Bertz CT molecular complexity index is 3190. The second-order valence-corrected chi connectivity index (χ2v) is 23.0. The molecule has 1 N–H and O–H groups in total. The summed E-state index contributed by atoms with van der Waals surface area (Å²) in [6, 6.07) is 18.9. The number of rotatable bonds is 25. The number of nitrogens with zero attached hydrogens (tertiary/aromatic N) is 3. The number of aryl methyl sites for hydroxylation is 4. The molecule has 83 heavy (non-hydrogen) atoms. The number of halogens is 8. The Kier molecular flexibility index (Phi) is 21.9. The average Bonchev–Trinajstić information content (AvgIpc) is 4.43. The first-order valence-electron chi connectivity index (χ1n) is 27.3. The number of esters is 1. The van der Waals surface area contributed by atoms with E-state index in [1.807, 2.05) is 0 Å². The van der Waals surface area contributed by atoms with Gasteiger partial charge in [-0.05, 0) is 148 Å². The number of hydrogen-bond acceptors (Lipinski definition) is 11. The van der Waals surface area contributed by atoms with Crippen LogP contribution in [0.1, 0.15) is 107 Å². The van der Waals surface area contributed by atoms with E-state index in [9.17, 15) is 37.6 Å². The zero-order valence-corrected chi connectivity index (χ0v) is 49.2. The highest BCUT2D eigenvalue weighted by atomic mass is 35.5. The lowest BCUT2D eigenvalue weighted by Gasteiger charge is -2.21. The lowest BCUT2D eigenvalue weighted by molar-refractivity contribution is -0.671. The predicted octanol–water partition coefficient (Wildman–Crippen LogP) is 14.6. The van der Waals surface area contributed by atoms with Gasteiger partial charge in [-0.3, -0.25) is 10.1 Å². The summed E-state index contributed by atoms with van der Waals surface area (Å²) in [6.07, 6.45) is 13.7. The number of nitro groups is 1. The molecule has 14 nitrogen and oxygen atoms in total. The zero-order chi connectivity index (χ0) is 59.5. The van der Waals surface area contributed by atoms with Gasteiger partial charge in [-0.25, -0.2) is 13.9 Å². The summed E-state index contributed by atoms with van der Waals surface area (Å²) in [5.74, 6) is 2.24. The van der Waals surface area contributed by atoms with Gasteiger partial charge in [0.1, 0.15) is 46.0 Å². The first kappa shape index (κ1) is 62.7. The second-order valence-electron chi connectivity index (χ2n) is 21.4. The van der Waals surface area contributed by atoms with Gasteiger partial charge in [0.25, 0.3) is 0 Å². The highest BCUT2D eigenvalue weighted by molar-refractivity contribution is 6.36. The monoisotopic (exact) mass is 1230 g/mol. The molecule has 0 amide bonds. The van der Waals surface area contributed by atoms with Crippen LogP contribution in [0.5, 0.6) is 34.5 Å². The molecule has 2 aromatic heterocycles. The number of carbonyl (C=O) groups excluding carboxylic acids is 1. The van der Waals surface area contributed by atoms with E-state index in [0.717, 1.165) is 56.8 Å². The van der Waals surface area contributed by atoms with Crippen molar-refractivity contribution in [3.63, 3.8) is 0 Å². The molecule has 2 atom stereocenters. The Hall–Kier alpha value is -6.31. The molecule has 22 heteroatoms. The van der Waals surface area contributed by atoms with Crippen molar-refractivity contribution in [2.24, 2.45) is 37.8 Å². The molecule has 4 aliphatic carbocycles. The second kappa shape index (κ2) is 29.0. The third-order valence-electron chi connectivity index (χ3n) is 14.0. The molecule has 4 aliphatic rings. The Balaban J connectivity index is 0.000000189. The van der Waals surface area contributed by atoms with Crippen LogP contribution in [-0.4, -0.2) is 55.6 Å². The van der Waals surface area contributed by atoms with Crippen LogP contribution in [-0.2, 0) is 31.7 Å². The molecule has 0 radical (unpaired) electrons. The molecule has 0 spiro atoms. The van der Waals surface area contributed by atoms with Gasteiger partial charge in [0.2, 0.25) is 0 Å². The fourth-order valence-electron chi connectivity index (χ4n) is 8.45. The van der Waals surface area contributed by atoms with Crippen LogP contribution in [0.2, 0.25) is 20.1 Å². The zero-order valence-electron chi connectivity index (χ0n) is 46.2. The molecule has 444 valence electrons. The largest absolute Gasteiger partial charge is 0.493 e. The van der Waals surface area contributed by atoms with E-state index >= 15 is 0 Å². The van der Waals surface area contributed by atoms with Gasteiger partial charge >= 0.3 is 24.9 Å². The summed E-state index contributed by atoms with van der Waals surface area (Å²) < 4.78 is 92.9. The van der Waals surface area contributed by atoms with Crippen molar-refractivity contribution in [1.82, 2.24) is 0 Å². The number of carbonyl (C=O) groups is 1. The third kappa shape index (κ3) is 19.4. The Morgan fingerprint density at radius 3 is 1.47 bits per heavy atom. The van der Waals surface area contributed by atoms with Crippen molar-refractivity contribution in [2.45, 2.75) is 103 Å². The summed E-state index contributed by atoms with van der Waals surface area (Å²) in [7, 11) is 3.55. The number of ether oxygens (including phenoxy) is 7. The normalized spacial score (nSPS) is 15.3. The maximum absolute atomic E-state index is 13.5. The maximum atomic E-state index is 13.5. The average molecular weight is 1230 g/mol. The number of aromatic nitrogens is 2. The molecule has 4 aromatic carbocycles. The van der Waals surface area contributed by atoms with E-state index in [4.69, 9.17) is 70.1 Å². The number of aliphatic hydroxyl groups is 1. The SMILES string of the molecule is C[n+]1cc(Cl)c(C[C@H](O)c2ccc(OC(F)F)c(OCC3CC3)c2)c(Cl)c1.C[n+]1cc(Cl)c(C[C@H](OC(=O)c2ccc([N+](=O)[O-])c(OCC3CC3)c2)c2ccc(OC(F)F)c(OCC3CC3)c2)c(Cl)c1.Cc1ccc(C)c(OCC2CC2)c1. The van der Waals surface area contributed by atoms with Gasteiger partial charge in [-0.1, -0.05) is 70.7 Å². The standard InChI is InChI=1S/C30H29Cl2F2N2O7.C19H20Cl2F2NO3.C12H16O/c1-35-13-22(31)21(23(32)14-35)12-26(19-7-9-25(43-30(33)34)28(10-19)41-16-18-4-5-18)42-29(37)20-6-8-24(36(38)39)27(11-20)40-15-17-2-3-17;1-24-8-14(20)13(15(21)9-24)7-16(25)12-4-5-17(27-19(22)23)18(6-12)26-10-11-2-3-11;1-9-3-4-10(2)12(7-9)13-8-11-5-6-11/h6-11,13-14,17-18,26,30H,2-5,12,15-16H2,1H3;4-6,8-9,11,16,19,25H,2-3,7,10H2,1H3;3-4,7,11H,5-6,8H2,1-2H3/q2*+1;/t26-;16-;/m00./s1. The first-order valence-corrected chi connectivity index (χ1v) is 28.8. The minimum atomic E-state index is -3.07. The van der Waals surface area contributed by atoms with Crippen LogP contribution in [0.25, 0.3) is 0 Å². The van der Waals surface area contributed by atoms with E-state index < -0.39 is 36.3 Å². The fourth-order valence-corrected chi connectivity index (χ4v) is 9.88. The van der Waals surface area contributed by atoms with E-state index in [0.29, 0.717) is 79.9 Å². The van der Waals surface area contributed by atoms with Gasteiger partial charge < -0.3 is 38.3 Å². The van der Waals surface area contributed by atoms with Crippen molar-refractivity contribution in [3.8, 4) is 34.5 Å². The van der Waals surface area contributed by atoms with Gasteiger partial charge in [0.15, 0.2) is 53.5 Å². The van der Waals surface area contributed by atoms with E-state index in [1.165, 1.54) is 78.6 Å². The number of hydrogen-bond donors (Lipinski definition) is 1. The molecular formula is C61H65Cl4F4N3O11+2. The number of pyridine rings is 2. The van der Waals surface area contributed by atoms with Crippen molar-refractivity contribution >= 4 is 58.1 Å². The quantitative estimate of drug-likeness (QED) is 0.0192. The lowest BCUT2D eigenvalue weighted by atomic mass is 10.0. The van der Waals surface area contributed by atoms with Gasteiger partial charge in [-0.15, -0.1) is 0 Å². The van der Waals surface area contributed by atoms with Crippen molar-refractivity contribution < 1.29 is 74.7 Å². The number of alkyl halides is 4. The molecule has 10 rings (SSSR count). The summed E-state index contributed by atoms with van der Waals surface area (Å²) in [5.41, 5.74) is 4.29. The smallest absolute Gasteiger partial charge is 0.387 e. The minimum Gasteiger partial charge on any atom is -0.493 e. The summed E-state index contributed by atoms with van der Waals surface area (Å²) >= 11 is 25.5. The number of nitro benzene ring substituents is 1. The molecular weight excluding hydrogens is 1170 g/mol. The topological polar surface area (TPSA) is 153 Å². The summed E-state index contributed by atoms with van der Waals surface area (Å²) in [6.45, 7) is 0.158. The summed E-state index contributed by atoms with van der Waals surface area (Å²) in [5, 5.41) is 23.7. The fraction of sp³-hybridized carbons (Fsp3) is 0.426. The Morgan fingerprint density at radius 1 is 0.578 bits per heavy atom. The lowest BCUT2D eigenvalue weighted by Crippen LogP contribution is -2.27. The van der Waals surface area contributed by atoms with Gasteiger partial charge in [0.05, 0.1) is 43.0 Å². The van der Waals surface area contributed by atoms with E-state index in [-0.39, 0.29) is 52.8 Å². The van der Waals surface area contributed by atoms with E-state index in [2.05, 4.69) is 41.5 Å². The van der Waals surface area contributed by atoms with Crippen LogP contribution < -0.4 is 37.6 Å². The molecule has 2 heterocycles. The number of aliphatic hydroxyl groups excluding tert-OH is 1. The van der Waals surface area contributed by atoms with Crippen molar-refractivity contribution in [3.05, 3.63) is 167 Å². The van der Waals surface area contributed by atoms with Gasteiger partial charge in [0, 0.05) is 36.1 Å². The van der Waals surface area contributed by atoms with Gasteiger partial charge in [-0.2, -0.15) is 17.6 Å². The maximum Gasteiger partial charge on any atom is 0.387 e. The predicted molar refractivity (Wildman–Crippen MR) is 304 cm³/mol. The molecule has 0 saturated heterocycles. The molecule has 0 unspecified atom stereocenters. The molecule has 4 saturated carbocycles.